The standard InChI is InChI=1S/C11H20N2S.ClH/c1-11(2,8-12)9-13(3)6-10-4-5-14-7-10;/h4-5,7H,6,8-9,12H2,1-3H3;1H. The highest BCUT2D eigenvalue weighted by Gasteiger charge is 2.17. The second kappa shape index (κ2) is 6.48. The molecule has 0 aliphatic heterocycles. The SMILES string of the molecule is CN(Cc1ccsc1)CC(C)(C)CN.Cl. The molecule has 0 aliphatic rings. The van der Waals surface area contributed by atoms with Crippen molar-refractivity contribution in [2.75, 3.05) is 20.1 Å². The van der Waals surface area contributed by atoms with E-state index in [4.69, 9.17) is 5.73 Å². The average Bonchev–Trinajstić information content (AvgIpc) is 2.55. The molecule has 0 unspecified atom stereocenters. The van der Waals surface area contributed by atoms with Gasteiger partial charge in [-0.05, 0) is 41.4 Å². The van der Waals surface area contributed by atoms with Crippen LogP contribution in [0.15, 0.2) is 16.8 Å². The quantitative estimate of drug-likeness (QED) is 0.868. The van der Waals surface area contributed by atoms with Crippen LogP contribution in [-0.2, 0) is 6.54 Å². The molecule has 0 bridgehead atoms. The van der Waals surface area contributed by atoms with Crippen molar-refractivity contribution in [2.24, 2.45) is 11.1 Å². The van der Waals surface area contributed by atoms with Crippen molar-refractivity contribution in [3.8, 4) is 0 Å². The van der Waals surface area contributed by atoms with E-state index in [0.717, 1.165) is 19.6 Å². The molecule has 1 aromatic rings. The van der Waals surface area contributed by atoms with Crippen molar-refractivity contribution in [2.45, 2.75) is 20.4 Å². The lowest BCUT2D eigenvalue weighted by atomic mass is 9.93. The Bertz CT molecular complexity index is 260. The van der Waals surface area contributed by atoms with Gasteiger partial charge in [0.2, 0.25) is 0 Å². The van der Waals surface area contributed by atoms with E-state index in [2.05, 4.69) is 42.6 Å². The molecule has 0 saturated heterocycles. The Balaban J connectivity index is 0.00000196. The molecule has 1 aromatic heterocycles. The van der Waals surface area contributed by atoms with Gasteiger partial charge in [0.25, 0.3) is 0 Å². The summed E-state index contributed by atoms with van der Waals surface area (Å²) in [6.45, 7) is 7.21. The molecule has 1 rings (SSSR count). The van der Waals surface area contributed by atoms with Gasteiger partial charge in [0.05, 0.1) is 0 Å². The zero-order chi connectivity index (χ0) is 10.6. The van der Waals surface area contributed by atoms with Crippen LogP contribution >= 0.6 is 23.7 Å². The Hall–Kier alpha value is -0.0900. The molecule has 2 nitrogen and oxygen atoms in total. The van der Waals surface area contributed by atoms with Gasteiger partial charge in [0.1, 0.15) is 0 Å². The van der Waals surface area contributed by atoms with Crippen molar-refractivity contribution in [3.05, 3.63) is 22.4 Å². The van der Waals surface area contributed by atoms with Crippen LogP contribution in [-0.4, -0.2) is 25.0 Å². The van der Waals surface area contributed by atoms with Crippen LogP contribution in [0.3, 0.4) is 0 Å². The maximum atomic E-state index is 5.70. The molecule has 0 radical (unpaired) electrons. The van der Waals surface area contributed by atoms with Crippen LogP contribution < -0.4 is 5.73 Å². The van der Waals surface area contributed by atoms with E-state index >= 15 is 0 Å². The lowest BCUT2D eigenvalue weighted by Gasteiger charge is -2.28. The van der Waals surface area contributed by atoms with E-state index in [1.165, 1.54) is 5.56 Å². The summed E-state index contributed by atoms with van der Waals surface area (Å²) in [7, 11) is 2.15. The first-order chi connectivity index (χ1) is 6.53. The molecular weight excluding hydrogens is 228 g/mol. The normalized spacial score (nSPS) is 11.5. The summed E-state index contributed by atoms with van der Waals surface area (Å²) < 4.78 is 0. The van der Waals surface area contributed by atoms with Crippen molar-refractivity contribution < 1.29 is 0 Å². The Kier molecular flexibility index (Phi) is 6.44. The Morgan fingerprint density at radius 2 is 2.13 bits per heavy atom. The van der Waals surface area contributed by atoms with E-state index in [-0.39, 0.29) is 17.8 Å². The number of halogens is 1. The zero-order valence-corrected chi connectivity index (χ0v) is 11.3. The molecule has 1 heterocycles. The molecule has 88 valence electrons. The third kappa shape index (κ3) is 5.52. The van der Waals surface area contributed by atoms with Crippen LogP contribution in [0.1, 0.15) is 19.4 Å². The van der Waals surface area contributed by atoms with E-state index in [0.29, 0.717) is 0 Å². The van der Waals surface area contributed by atoms with Gasteiger partial charge >= 0.3 is 0 Å². The van der Waals surface area contributed by atoms with E-state index in [9.17, 15) is 0 Å². The van der Waals surface area contributed by atoms with Crippen molar-refractivity contribution in [3.63, 3.8) is 0 Å². The van der Waals surface area contributed by atoms with Gasteiger partial charge in [0.15, 0.2) is 0 Å². The maximum Gasteiger partial charge on any atom is 0.0239 e. The molecule has 0 aromatic carbocycles. The third-order valence-electron chi connectivity index (χ3n) is 2.28. The van der Waals surface area contributed by atoms with Crippen molar-refractivity contribution in [1.82, 2.24) is 4.90 Å². The van der Waals surface area contributed by atoms with Gasteiger partial charge in [-0.2, -0.15) is 11.3 Å². The molecule has 0 saturated carbocycles. The fourth-order valence-corrected chi connectivity index (χ4v) is 2.21. The fourth-order valence-electron chi connectivity index (χ4n) is 1.55. The summed E-state index contributed by atoms with van der Waals surface area (Å²) >= 11 is 1.75. The average molecular weight is 249 g/mol. The molecular formula is C11H21ClN2S. The molecule has 2 N–H and O–H groups in total. The molecule has 0 fully saturated rings. The zero-order valence-electron chi connectivity index (χ0n) is 9.69. The lowest BCUT2D eigenvalue weighted by Crippen LogP contribution is -2.36. The highest BCUT2D eigenvalue weighted by Crippen LogP contribution is 2.16. The summed E-state index contributed by atoms with van der Waals surface area (Å²) in [5.74, 6) is 0. The lowest BCUT2D eigenvalue weighted by molar-refractivity contribution is 0.210. The number of nitrogens with zero attached hydrogens (tertiary/aromatic N) is 1. The predicted molar refractivity (Wildman–Crippen MR) is 70.7 cm³/mol. The summed E-state index contributed by atoms with van der Waals surface area (Å²) in [5.41, 5.74) is 7.31. The summed E-state index contributed by atoms with van der Waals surface area (Å²) in [4.78, 5) is 2.33. The maximum absolute atomic E-state index is 5.70. The van der Waals surface area contributed by atoms with Gasteiger partial charge in [-0.1, -0.05) is 13.8 Å². The van der Waals surface area contributed by atoms with Crippen LogP contribution in [0.5, 0.6) is 0 Å². The predicted octanol–water partition coefficient (Wildman–Crippen LogP) is 2.59. The number of hydrogen-bond acceptors (Lipinski definition) is 3. The first kappa shape index (κ1) is 14.9. The van der Waals surface area contributed by atoms with E-state index in [1.807, 2.05) is 0 Å². The monoisotopic (exact) mass is 248 g/mol. The summed E-state index contributed by atoms with van der Waals surface area (Å²) in [6.07, 6.45) is 0. The number of thiophene rings is 1. The third-order valence-corrected chi connectivity index (χ3v) is 3.02. The number of hydrogen-bond donors (Lipinski definition) is 1. The van der Waals surface area contributed by atoms with Crippen molar-refractivity contribution in [1.29, 1.82) is 0 Å². The molecule has 0 spiro atoms. The summed E-state index contributed by atoms with van der Waals surface area (Å²) in [6, 6.07) is 2.18. The molecule has 0 atom stereocenters. The molecule has 4 heteroatoms. The largest absolute Gasteiger partial charge is 0.330 e. The Morgan fingerprint density at radius 3 is 2.60 bits per heavy atom. The first-order valence-electron chi connectivity index (χ1n) is 4.93. The van der Waals surface area contributed by atoms with Crippen molar-refractivity contribution >= 4 is 23.7 Å². The fraction of sp³-hybridized carbons (Fsp3) is 0.636. The molecule has 15 heavy (non-hydrogen) atoms. The van der Waals surface area contributed by atoms with Gasteiger partial charge in [-0.3, -0.25) is 0 Å². The highest BCUT2D eigenvalue weighted by atomic mass is 35.5. The van der Waals surface area contributed by atoms with Gasteiger partial charge in [-0.25, -0.2) is 0 Å². The van der Waals surface area contributed by atoms with Crippen LogP contribution in [0, 0.1) is 5.41 Å². The minimum atomic E-state index is 0. The molecule has 0 amide bonds. The Labute approximate surface area is 103 Å². The molecule has 0 aliphatic carbocycles. The first-order valence-corrected chi connectivity index (χ1v) is 5.87. The second-order valence-corrected chi connectivity index (χ2v) is 5.45. The number of rotatable bonds is 5. The van der Waals surface area contributed by atoms with E-state index in [1.54, 1.807) is 11.3 Å². The van der Waals surface area contributed by atoms with Gasteiger partial charge in [0, 0.05) is 13.1 Å². The van der Waals surface area contributed by atoms with E-state index < -0.39 is 0 Å². The van der Waals surface area contributed by atoms with Crippen LogP contribution in [0.25, 0.3) is 0 Å². The Morgan fingerprint density at radius 1 is 1.47 bits per heavy atom. The smallest absolute Gasteiger partial charge is 0.0239 e. The van der Waals surface area contributed by atoms with Gasteiger partial charge < -0.3 is 10.6 Å². The minimum Gasteiger partial charge on any atom is -0.330 e. The highest BCUT2D eigenvalue weighted by molar-refractivity contribution is 7.07. The number of nitrogens with two attached hydrogens (primary N) is 1. The second-order valence-electron chi connectivity index (χ2n) is 4.67. The summed E-state index contributed by atoms with van der Waals surface area (Å²) in [5, 5.41) is 4.32. The van der Waals surface area contributed by atoms with Gasteiger partial charge in [-0.15, -0.1) is 12.4 Å². The minimum absolute atomic E-state index is 0. The van der Waals surface area contributed by atoms with Crippen LogP contribution in [0.2, 0.25) is 0 Å². The topological polar surface area (TPSA) is 29.3 Å². The van der Waals surface area contributed by atoms with Crippen LogP contribution in [0.4, 0.5) is 0 Å².